The fourth-order valence-corrected chi connectivity index (χ4v) is 3.22. The fourth-order valence-electron chi connectivity index (χ4n) is 1.61. The quantitative estimate of drug-likeness (QED) is 0.534. The molecule has 3 rings (SSSR count). The van der Waals surface area contributed by atoms with E-state index in [0.717, 1.165) is 25.8 Å². The molecule has 1 aromatic heterocycles. The molecule has 2 aromatic carbocycles. The number of nitrogens with zero attached hydrogens (tertiary/aromatic N) is 1. The standard InChI is InChI=1S/C13H7ClINS/c14-9-3-6-11-12(7-9)17-13(16-11)8-1-4-10(15)5-2-8/h1-7H. The lowest BCUT2D eigenvalue weighted by atomic mass is 10.2. The van der Waals surface area contributed by atoms with Crippen LogP contribution in [0.25, 0.3) is 20.8 Å². The van der Waals surface area contributed by atoms with Crippen LogP contribution in [0, 0.1) is 3.57 Å². The molecule has 0 aliphatic rings. The summed E-state index contributed by atoms with van der Waals surface area (Å²) in [5, 5.41) is 1.80. The largest absolute Gasteiger partial charge is 0.236 e. The molecule has 0 atom stereocenters. The number of thiazole rings is 1. The van der Waals surface area contributed by atoms with Crippen LogP contribution >= 0.6 is 45.5 Å². The number of benzene rings is 2. The predicted molar refractivity (Wildman–Crippen MR) is 82.8 cm³/mol. The van der Waals surface area contributed by atoms with Crippen LogP contribution in [0.2, 0.25) is 5.02 Å². The van der Waals surface area contributed by atoms with Crippen molar-refractivity contribution in [3.8, 4) is 10.6 Å². The molecule has 0 bridgehead atoms. The van der Waals surface area contributed by atoms with Gasteiger partial charge in [-0.15, -0.1) is 11.3 Å². The van der Waals surface area contributed by atoms with E-state index in [0.29, 0.717) is 0 Å². The third-order valence-corrected chi connectivity index (χ3v) is 4.46. The van der Waals surface area contributed by atoms with Gasteiger partial charge in [-0.25, -0.2) is 4.98 Å². The zero-order valence-electron chi connectivity index (χ0n) is 8.65. The molecule has 0 unspecified atom stereocenters. The smallest absolute Gasteiger partial charge is 0.124 e. The van der Waals surface area contributed by atoms with E-state index in [1.165, 1.54) is 3.57 Å². The Balaban J connectivity index is 2.14. The molecular weight excluding hydrogens is 365 g/mol. The first-order chi connectivity index (χ1) is 8.22. The molecule has 0 saturated carbocycles. The van der Waals surface area contributed by atoms with Crippen LogP contribution in [-0.2, 0) is 0 Å². The van der Waals surface area contributed by atoms with Crippen molar-refractivity contribution in [2.24, 2.45) is 0 Å². The summed E-state index contributed by atoms with van der Waals surface area (Å²) in [6.45, 7) is 0. The van der Waals surface area contributed by atoms with E-state index in [-0.39, 0.29) is 0 Å². The van der Waals surface area contributed by atoms with Crippen molar-refractivity contribution in [2.75, 3.05) is 0 Å². The van der Waals surface area contributed by atoms with Crippen LogP contribution in [0.5, 0.6) is 0 Å². The van der Waals surface area contributed by atoms with Crippen LogP contribution in [0.3, 0.4) is 0 Å². The first-order valence-corrected chi connectivity index (χ1v) is 7.32. The number of aromatic nitrogens is 1. The van der Waals surface area contributed by atoms with Gasteiger partial charge in [-0.05, 0) is 52.9 Å². The number of rotatable bonds is 1. The SMILES string of the molecule is Clc1ccc2nc(-c3ccc(I)cc3)sc2c1. The van der Waals surface area contributed by atoms with Crippen molar-refractivity contribution in [3.05, 3.63) is 51.1 Å². The van der Waals surface area contributed by atoms with Crippen molar-refractivity contribution < 1.29 is 0 Å². The van der Waals surface area contributed by atoms with Gasteiger partial charge in [0.05, 0.1) is 10.2 Å². The van der Waals surface area contributed by atoms with Crippen LogP contribution < -0.4 is 0 Å². The Morgan fingerprint density at radius 3 is 2.59 bits per heavy atom. The van der Waals surface area contributed by atoms with Gasteiger partial charge in [0.15, 0.2) is 0 Å². The van der Waals surface area contributed by atoms with Gasteiger partial charge < -0.3 is 0 Å². The van der Waals surface area contributed by atoms with Crippen molar-refractivity contribution in [1.82, 2.24) is 4.98 Å². The Labute approximate surface area is 122 Å². The predicted octanol–water partition coefficient (Wildman–Crippen LogP) is 5.22. The lowest BCUT2D eigenvalue weighted by Gasteiger charge is -1.94. The molecule has 0 spiro atoms. The Bertz CT molecular complexity index is 675. The molecule has 3 aromatic rings. The van der Waals surface area contributed by atoms with Crippen molar-refractivity contribution in [2.45, 2.75) is 0 Å². The zero-order valence-corrected chi connectivity index (χ0v) is 12.4. The number of hydrogen-bond acceptors (Lipinski definition) is 2. The van der Waals surface area contributed by atoms with Crippen LogP contribution in [0.15, 0.2) is 42.5 Å². The third kappa shape index (κ3) is 2.32. The maximum atomic E-state index is 5.97. The second kappa shape index (κ2) is 4.55. The average Bonchev–Trinajstić information content (AvgIpc) is 2.72. The van der Waals surface area contributed by atoms with Gasteiger partial charge in [-0.2, -0.15) is 0 Å². The lowest BCUT2D eigenvalue weighted by molar-refractivity contribution is 1.47. The van der Waals surface area contributed by atoms with E-state index in [1.807, 2.05) is 18.2 Å². The number of hydrogen-bond donors (Lipinski definition) is 0. The highest BCUT2D eigenvalue weighted by molar-refractivity contribution is 14.1. The molecule has 0 aliphatic carbocycles. The highest BCUT2D eigenvalue weighted by Gasteiger charge is 2.06. The molecule has 0 N–H and O–H groups in total. The molecule has 0 saturated heterocycles. The van der Waals surface area contributed by atoms with Gasteiger partial charge in [-0.1, -0.05) is 23.7 Å². The van der Waals surface area contributed by atoms with E-state index >= 15 is 0 Å². The monoisotopic (exact) mass is 371 g/mol. The molecule has 4 heteroatoms. The summed E-state index contributed by atoms with van der Waals surface area (Å²) in [7, 11) is 0. The topological polar surface area (TPSA) is 12.9 Å². The molecule has 0 fully saturated rings. The van der Waals surface area contributed by atoms with Gasteiger partial charge in [0.1, 0.15) is 5.01 Å². The van der Waals surface area contributed by atoms with Gasteiger partial charge in [0.2, 0.25) is 0 Å². The van der Waals surface area contributed by atoms with E-state index in [1.54, 1.807) is 11.3 Å². The fraction of sp³-hybridized carbons (Fsp3) is 0. The molecule has 0 radical (unpaired) electrons. The van der Waals surface area contributed by atoms with Crippen LogP contribution in [0.1, 0.15) is 0 Å². The second-order valence-electron chi connectivity index (χ2n) is 3.64. The lowest BCUT2D eigenvalue weighted by Crippen LogP contribution is -1.76. The summed E-state index contributed by atoms with van der Waals surface area (Å²) < 4.78 is 2.36. The Kier molecular flexibility index (Phi) is 3.06. The van der Waals surface area contributed by atoms with E-state index in [9.17, 15) is 0 Å². The molecular formula is C13H7ClINS. The molecule has 1 heterocycles. The first kappa shape index (κ1) is 11.4. The van der Waals surface area contributed by atoms with Crippen LogP contribution in [-0.4, -0.2) is 4.98 Å². The minimum atomic E-state index is 0.760. The minimum absolute atomic E-state index is 0.760. The molecule has 17 heavy (non-hydrogen) atoms. The summed E-state index contributed by atoms with van der Waals surface area (Å²) in [6.07, 6.45) is 0. The molecule has 0 aliphatic heterocycles. The molecule has 1 nitrogen and oxygen atoms in total. The van der Waals surface area contributed by atoms with E-state index in [4.69, 9.17) is 11.6 Å². The van der Waals surface area contributed by atoms with Crippen molar-refractivity contribution in [1.29, 1.82) is 0 Å². The molecule has 0 amide bonds. The van der Waals surface area contributed by atoms with E-state index < -0.39 is 0 Å². The van der Waals surface area contributed by atoms with E-state index in [2.05, 4.69) is 51.8 Å². The zero-order chi connectivity index (χ0) is 11.8. The van der Waals surface area contributed by atoms with Gasteiger partial charge in [-0.3, -0.25) is 0 Å². The summed E-state index contributed by atoms with van der Waals surface area (Å²) in [4.78, 5) is 4.61. The van der Waals surface area contributed by atoms with Crippen LogP contribution in [0.4, 0.5) is 0 Å². The highest BCUT2D eigenvalue weighted by Crippen LogP contribution is 2.31. The summed E-state index contributed by atoms with van der Waals surface area (Å²) in [5.41, 5.74) is 2.16. The average molecular weight is 372 g/mol. The summed E-state index contributed by atoms with van der Waals surface area (Å²) in [6, 6.07) is 14.2. The van der Waals surface area contributed by atoms with Gasteiger partial charge in [0, 0.05) is 14.2 Å². The molecule has 84 valence electrons. The maximum Gasteiger partial charge on any atom is 0.124 e. The second-order valence-corrected chi connectivity index (χ2v) is 6.35. The van der Waals surface area contributed by atoms with Gasteiger partial charge in [0.25, 0.3) is 0 Å². The highest BCUT2D eigenvalue weighted by atomic mass is 127. The van der Waals surface area contributed by atoms with Crippen molar-refractivity contribution >= 4 is 55.7 Å². The third-order valence-electron chi connectivity index (χ3n) is 2.44. The summed E-state index contributed by atoms with van der Waals surface area (Å²) >= 11 is 9.95. The van der Waals surface area contributed by atoms with Gasteiger partial charge >= 0.3 is 0 Å². The normalized spacial score (nSPS) is 10.9. The Hall–Kier alpha value is -0.650. The number of fused-ring (bicyclic) bond motifs is 1. The maximum absolute atomic E-state index is 5.97. The first-order valence-electron chi connectivity index (χ1n) is 5.04. The Morgan fingerprint density at radius 2 is 1.82 bits per heavy atom. The Morgan fingerprint density at radius 1 is 1.06 bits per heavy atom. The van der Waals surface area contributed by atoms with Crippen molar-refractivity contribution in [3.63, 3.8) is 0 Å². The minimum Gasteiger partial charge on any atom is -0.236 e. The summed E-state index contributed by atoms with van der Waals surface area (Å²) in [5.74, 6) is 0. The number of halogens is 2.